The third kappa shape index (κ3) is 3.48. The molecule has 1 N–H and O–H groups in total. The Hall–Kier alpha value is -1.51. The summed E-state index contributed by atoms with van der Waals surface area (Å²) >= 11 is 0. The molecule has 0 heterocycles. The number of hydrogen-bond donors (Lipinski definition) is 1. The Morgan fingerprint density at radius 3 is 2.35 bits per heavy atom. The molecule has 0 aliphatic heterocycles. The van der Waals surface area contributed by atoms with Crippen LogP contribution in [0.1, 0.15) is 38.8 Å². The summed E-state index contributed by atoms with van der Waals surface area (Å²) in [4.78, 5) is 10.7. The van der Waals surface area contributed by atoms with Crippen LogP contribution < -0.4 is 4.74 Å². The van der Waals surface area contributed by atoms with Crippen molar-refractivity contribution < 1.29 is 14.6 Å². The van der Waals surface area contributed by atoms with Crippen molar-refractivity contribution in [1.82, 2.24) is 0 Å². The number of rotatable bonds is 3. The quantitative estimate of drug-likeness (QED) is 0.877. The molecule has 0 aliphatic rings. The van der Waals surface area contributed by atoms with Gasteiger partial charge in [-0.3, -0.25) is 0 Å². The predicted molar refractivity (Wildman–Crippen MR) is 67.6 cm³/mol. The number of carboxylic acid groups (broad SMARTS) is 1. The van der Waals surface area contributed by atoms with Gasteiger partial charge in [0, 0.05) is 0 Å². The monoisotopic (exact) mass is 236 g/mol. The van der Waals surface area contributed by atoms with E-state index in [1.807, 2.05) is 25.1 Å². The zero-order chi connectivity index (χ0) is 13.2. The zero-order valence-electron chi connectivity index (χ0n) is 11.1. The zero-order valence-corrected chi connectivity index (χ0v) is 11.1. The van der Waals surface area contributed by atoms with Gasteiger partial charge in [-0.25, -0.2) is 4.79 Å². The second-order valence-electron chi connectivity index (χ2n) is 5.33. The van der Waals surface area contributed by atoms with E-state index < -0.39 is 12.1 Å². The summed E-state index contributed by atoms with van der Waals surface area (Å²) in [6.45, 7) is 9.88. The van der Waals surface area contributed by atoms with Crippen molar-refractivity contribution in [2.24, 2.45) is 0 Å². The van der Waals surface area contributed by atoms with Crippen molar-refractivity contribution in [1.29, 1.82) is 0 Å². The molecule has 3 heteroatoms. The normalized spacial score (nSPS) is 13.2. The molecule has 0 aromatic heterocycles. The minimum Gasteiger partial charge on any atom is -0.479 e. The lowest BCUT2D eigenvalue weighted by atomic mass is 9.86. The van der Waals surface area contributed by atoms with Gasteiger partial charge in [0.15, 0.2) is 6.10 Å². The summed E-state index contributed by atoms with van der Waals surface area (Å²) in [5.41, 5.74) is 2.26. The summed E-state index contributed by atoms with van der Waals surface area (Å²) in [7, 11) is 0. The van der Waals surface area contributed by atoms with Crippen LogP contribution in [0.4, 0.5) is 0 Å². The molecule has 0 unspecified atom stereocenters. The standard InChI is InChI=1S/C14H20O3/c1-9-8-11(14(3,4)5)6-7-12(9)17-10(2)13(15)16/h6-8,10H,1-5H3,(H,15,16)/t10-/m0/s1. The molecule has 0 spiro atoms. The highest BCUT2D eigenvalue weighted by atomic mass is 16.5. The van der Waals surface area contributed by atoms with Gasteiger partial charge in [-0.1, -0.05) is 32.9 Å². The number of hydrogen-bond acceptors (Lipinski definition) is 2. The van der Waals surface area contributed by atoms with Crippen molar-refractivity contribution >= 4 is 5.97 Å². The molecule has 0 bridgehead atoms. The summed E-state index contributed by atoms with van der Waals surface area (Å²) in [6.07, 6.45) is -0.825. The lowest BCUT2D eigenvalue weighted by Crippen LogP contribution is -2.23. The lowest BCUT2D eigenvalue weighted by molar-refractivity contribution is -0.144. The fourth-order valence-electron chi connectivity index (χ4n) is 1.49. The molecule has 0 fully saturated rings. The highest BCUT2D eigenvalue weighted by molar-refractivity contribution is 5.72. The second-order valence-corrected chi connectivity index (χ2v) is 5.33. The summed E-state index contributed by atoms with van der Waals surface area (Å²) in [5.74, 6) is -0.322. The number of carbonyl (C=O) groups is 1. The van der Waals surface area contributed by atoms with Crippen LogP contribution in [0.15, 0.2) is 18.2 Å². The van der Waals surface area contributed by atoms with Gasteiger partial charge in [0.05, 0.1) is 0 Å². The minimum absolute atomic E-state index is 0.0850. The first kappa shape index (κ1) is 13.6. The molecular formula is C14H20O3. The molecular weight excluding hydrogens is 216 g/mol. The van der Waals surface area contributed by atoms with Gasteiger partial charge in [0.1, 0.15) is 5.75 Å². The topological polar surface area (TPSA) is 46.5 Å². The maximum absolute atomic E-state index is 10.7. The Kier molecular flexibility index (Phi) is 3.81. The van der Waals surface area contributed by atoms with E-state index in [9.17, 15) is 4.79 Å². The van der Waals surface area contributed by atoms with E-state index in [2.05, 4.69) is 20.8 Å². The minimum atomic E-state index is -0.954. The maximum Gasteiger partial charge on any atom is 0.344 e. The van der Waals surface area contributed by atoms with Gasteiger partial charge >= 0.3 is 5.97 Å². The average molecular weight is 236 g/mol. The fourth-order valence-corrected chi connectivity index (χ4v) is 1.49. The molecule has 94 valence electrons. The number of carboxylic acids is 1. The Morgan fingerprint density at radius 1 is 1.35 bits per heavy atom. The van der Waals surface area contributed by atoms with Gasteiger partial charge in [-0.2, -0.15) is 0 Å². The fraction of sp³-hybridized carbons (Fsp3) is 0.500. The molecule has 1 rings (SSSR count). The van der Waals surface area contributed by atoms with Gasteiger partial charge in [0.2, 0.25) is 0 Å². The molecule has 1 atom stereocenters. The van der Waals surface area contributed by atoms with Crippen LogP contribution >= 0.6 is 0 Å². The maximum atomic E-state index is 10.7. The van der Waals surface area contributed by atoms with Gasteiger partial charge in [0.25, 0.3) is 0 Å². The lowest BCUT2D eigenvalue weighted by Gasteiger charge is -2.21. The van der Waals surface area contributed by atoms with Crippen molar-refractivity contribution in [3.8, 4) is 5.75 Å². The Bertz CT molecular complexity index is 416. The van der Waals surface area contributed by atoms with E-state index in [1.54, 1.807) is 0 Å². The molecule has 0 aliphatic carbocycles. The van der Waals surface area contributed by atoms with Crippen molar-refractivity contribution in [3.63, 3.8) is 0 Å². The molecule has 0 amide bonds. The number of benzene rings is 1. The molecule has 1 aromatic carbocycles. The molecule has 0 saturated heterocycles. The molecule has 0 saturated carbocycles. The van der Waals surface area contributed by atoms with E-state index >= 15 is 0 Å². The Balaban J connectivity index is 2.95. The second kappa shape index (κ2) is 4.78. The van der Waals surface area contributed by atoms with E-state index in [1.165, 1.54) is 12.5 Å². The van der Waals surface area contributed by atoms with Crippen molar-refractivity contribution in [2.75, 3.05) is 0 Å². The van der Waals surface area contributed by atoms with Crippen LogP contribution in [0, 0.1) is 6.92 Å². The largest absolute Gasteiger partial charge is 0.479 e. The summed E-state index contributed by atoms with van der Waals surface area (Å²) in [6, 6.07) is 5.87. The average Bonchev–Trinajstić information content (AvgIpc) is 2.19. The third-order valence-corrected chi connectivity index (χ3v) is 2.69. The van der Waals surface area contributed by atoms with Crippen LogP contribution in [0.25, 0.3) is 0 Å². The first-order chi connectivity index (χ1) is 7.71. The molecule has 3 nitrogen and oxygen atoms in total. The molecule has 0 radical (unpaired) electrons. The first-order valence-corrected chi connectivity index (χ1v) is 5.72. The highest BCUT2D eigenvalue weighted by Crippen LogP contribution is 2.27. The first-order valence-electron chi connectivity index (χ1n) is 5.72. The van der Waals surface area contributed by atoms with E-state index in [0.717, 1.165) is 5.56 Å². The Morgan fingerprint density at radius 2 is 1.94 bits per heavy atom. The van der Waals surface area contributed by atoms with E-state index in [-0.39, 0.29) is 5.41 Å². The Labute approximate surface area is 102 Å². The number of ether oxygens (including phenoxy) is 1. The van der Waals surface area contributed by atoms with Crippen molar-refractivity contribution in [2.45, 2.75) is 46.1 Å². The SMILES string of the molecule is Cc1cc(C(C)(C)C)ccc1O[C@@H](C)C(=O)O. The molecule has 1 aromatic rings. The van der Waals surface area contributed by atoms with Crippen LogP contribution in [-0.2, 0) is 10.2 Å². The van der Waals surface area contributed by atoms with Gasteiger partial charge < -0.3 is 9.84 Å². The van der Waals surface area contributed by atoms with Crippen LogP contribution in [-0.4, -0.2) is 17.2 Å². The summed E-state index contributed by atoms with van der Waals surface area (Å²) in [5, 5.41) is 8.79. The predicted octanol–water partition coefficient (Wildman–Crippen LogP) is 3.14. The smallest absolute Gasteiger partial charge is 0.344 e. The van der Waals surface area contributed by atoms with Gasteiger partial charge in [-0.05, 0) is 36.5 Å². The highest BCUT2D eigenvalue weighted by Gasteiger charge is 2.17. The van der Waals surface area contributed by atoms with Crippen LogP contribution in [0.5, 0.6) is 5.75 Å². The number of aliphatic carboxylic acids is 1. The number of aryl methyl sites for hydroxylation is 1. The van der Waals surface area contributed by atoms with Crippen LogP contribution in [0.2, 0.25) is 0 Å². The summed E-state index contributed by atoms with van der Waals surface area (Å²) < 4.78 is 5.37. The van der Waals surface area contributed by atoms with Crippen molar-refractivity contribution in [3.05, 3.63) is 29.3 Å². The van der Waals surface area contributed by atoms with E-state index in [0.29, 0.717) is 5.75 Å². The van der Waals surface area contributed by atoms with E-state index in [4.69, 9.17) is 9.84 Å². The van der Waals surface area contributed by atoms with Crippen LogP contribution in [0.3, 0.4) is 0 Å². The third-order valence-electron chi connectivity index (χ3n) is 2.69. The molecule has 17 heavy (non-hydrogen) atoms. The van der Waals surface area contributed by atoms with Gasteiger partial charge in [-0.15, -0.1) is 0 Å².